The molecule has 0 aliphatic rings. The Kier molecular flexibility index (Phi) is 10.3. The van der Waals surface area contributed by atoms with Crippen molar-refractivity contribution >= 4 is 0 Å². The van der Waals surface area contributed by atoms with Crippen LogP contribution in [0.1, 0.15) is 33.1 Å². The third-order valence-electron chi connectivity index (χ3n) is 2.47. The summed E-state index contributed by atoms with van der Waals surface area (Å²) in [5.74, 6) is 1.41. The predicted octanol–water partition coefficient (Wildman–Crippen LogP) is 2.05. The van der Waals surface area contributed by atoms with Crippen molar-refractivity contribution in [3.05, 3.63) is 0 Å². The summed E-state index contributed by atoms with van der Waals surface area (Å²) < 4.78 is 10.3. The molecule has 0 heterocycles. The normalized spacial score (nSPS) is 13.4. The van der Waals surface area contributed by atoms with Crippen LogP contribution in [0.2, 0.25) is 0 Å². The average molecular weight is 217 g/mol. The SMILES string of the molecule is COCCOCCCC(CN)CC(C)C. The number of rotatable bonds is 10. The third kappa shape index (κ3) is 10.2. The van der Waals surface area contributed by atoms with Crippen LogP contribution in [0.3, 0.4) is 0 Å². The van der Waals surface area contributed by atoms with E-state index < -0.39 is 0 Å². The maximum absolute atomic E-state index is 5.72. The zero-order valence-corrected chi connectivity index (χ0v) is 10.5. The lowest BCUT2D eigenvalue weighted by atomic mass is 9.93. The van der Waals surface area contributed by atoms with Gasteiger partial charge in [0.15, 0.2) is 0 Å². The highest BCUT2D eigenvalue weighted by Crippen LogP contribution is 2.15. The van der Waals surface area contributed by atoms with Crippen molar-refractivity contribution in [2.45, 2.75) is 33.1 Å². The molecule has 0 aromatic rings. The van der Waals surface area contributed by atoms with Crippen molar-refractivity contribution in [3.8, 4) is 0 Å². The Morgan fingerprint density at radius 3 is 2.40 bits per heavy atom. The van der Waals surface area contributed by atoms with E-state index in [1.807, 2.05) is 0 Å². The van der Waals surface area contributed by atoms with Crippen LogP contribution < -0.4 is 5.73 Å². The van der Waals surface area contributed by atoms with Gasteiger partial charge in [0.05, 0.1) is 13.2 Å². The Labute approximate surface area is 94.3 Å². The Bertz CT molecular complexity index is 129. The third-order valence-corrected chi connectivity index (χ3v) is 2.47. The summed E-state index contributed by atoms with van der Waals surface area (Å²) in [5, 5.41) is 0. The molecule has 0 bridgehead atoms. The fraction of sp³-hybridized carbons (Fsp3) is 1.00. The van der Waals surface area contributed by atoms with Gasteiger partial charge >= 0.3 is 0 Å². The molecule has 0 aliphatic heterocycles. The van der Waals surface area contributed by atoms with E-state index in [0.717, 1.165) is 25.5 Å². The molecule has 0 saturated heterocycles. The van der Waals surface area contributed by atoms with Gasteiger partial charge in [0.2, 0.25) is 0 Å². The molecule has 0 aromatic heterocycles. The molecule has 1 unspecified atom stereocenters. The molecule has 0 aliphatic carbocycles. The van der Waals surface area contributed by atoms with E-state index in [0.29, 0.717) is 19.1 Å². The number of nitrogens with two attached hydrogens (primary N) is 1. The van der Waals surface area contributed by atoms with Crippen LogP contribution in [-0.4, -0.2) is 33.5 Å². The Hall–Kier alpha value is -0.120. The zero-order chi connectivity index (χ0) is 11.5. The second-order valence-electron chi connectivity index (χ2n) is 4.48. The largest absolute Gasteiger partial charge is 0.382 e. The Balaban J connectivity index is 3.30. The number of hydrogen-bond donors (Lipinski definition) is 1. The first-order valence-electron chi connectivity index (χ1n) is 5.97. The molecular formula is C12H27NO2. The molecule has 0 fully saturated rings. The highest BCUT2D eigenvalue weighted by molar-refractivity contribution is 4.62. The van der Waals surface area contributed by atoms with Crippen molar-refractivity contribution in [1.82, 2.24) is 0 Å². The summed E-state index contributed by atoms with van der Waals surface area (Å²) in [4.78, 5) is 0. The summed E-state index contributed by atoms with van der Waals surface area (Å²) in [6.45, 7) is 7.52. The van der Waals surface area contributed by atoms with Crippen LogP contribution >= 0.6 is 0 Å². The van der Waals surface area contributed by atoms with E-state index in [9.17, 15) is 0 Å². The highest BCUT2D eigenvalue weighted by Gasteiger charge is 2.08. The van der Waals surface area contributed by atoms with Crippen LogP contribution in [0.5, 0.6) is 0 Å². The molecule has 0 rings (SSSR count). The summed E-state index contributed by atoms with van der Waals surface area (Å²) in [7, 11) is 1.69. The second kappa shape index (κ2) is 10.4. The van der Waals surface area contributed by atoms with Crippen molar-refractivity contribution in [1.29, 1.82) is 0 Å². The summed E-state index contributed by atoms with van der Waals surface area (Å²) in [5.41, 5.74) is 5.72. The smallest absolute Gasteiger partial charge is 0.0700 e. The van der Waals surface area contributed by atoms with Crippen molar-refractivity contribution in [2.24, 2.45) is 17.6 Å². The number of methoxy groups -OCH3 is 1. The van der Waals surface area contributed by atoms with E-state index in [1.165, 1.54) is 12.8 Å². The first-order chi connectivity index (χ1) is 7.20. The summed E-state index contributed by atoms with van der Waals surface area (Å²) in [6.07, 6.45) is 3.52. The van der Waals surface area contributed by atoms with E-state index >= 15 is 0 Å². The van der Waals surface area contributed by atoms with Gasteiger partial charge in [0, 0.05) is 13.7 Å². The van der Waals surface area contributed by atoms with E-state index in [2.05, 4.69) is 13.8 Å². The molecule has 0 radical (unpaired) electrons. The van der Waals surface area contributed by atoms with Crippen LogP contribution in [0.15, 0.2) is 0 Å². The Morgan fingerprint density at radius 2 is 1.87 bits per heavy atom. The topological polar surface area (TPSA) is 44.5 Å². The molecule has 92 valence electrons. The summed E-state index contributed by atoms with van der Waals surface area (Å²) in [6, 6.07) is 0. The number of hydrogen-bond acceptors (Lipinski definition) is 3. The number of ether oxygens (including phenoxy) is 2. The molecule has 3 nitrogen and oxygen atoms in total. The van der Waals surface area contributed by atoms with Gasteiger partial charge in [-0.1, -0.05) is 13.8 Å². The van der Waals surface area contributed by atoms with Gasteiger partial charge in [0.1, 0.15) is 0 Å². The lowest BCUT2D eigenvalue weighted by Gasteiger charge is -2.16. The van der Waals surface area contributed by atoms with E-state index in [4.69, 9.17) is 15.2 Å². The van der Waals surface area contributed by atoms with Gasteiger partial charge in [-0.15, -0.1) is 0 Å². The maximum Gasteiger partial charge on any atom is 0.0700 e. The molecule has 3 heteroatoms. The fourth-order valence-electron chi connectivity index (χ4n) is 1.72. The van der Waals surface area contributed by atoms with Gasteiger partial charge in [-0.3, -0.25) is 0 Å². The van der Waals surface area contributed by atoms with Crippen molar-refractivity contribution < 1.29 is 9.47 Å². The maximum atomic E-state index is 5.72. The summed E-state index contributed by atoms with van der Waals surface area (Å²) >= 11 is 0. The lowest BCUT2D eigenvalue weighted by molar-refractivity contribution is 0.0670. The molecule has 0 spiro atoms. The molecule has 1 atom stereocenters. The van der Waals surface area contributed by atoms with Crippen molar-refractivity contribution in [2.75, 3.05) is 33.5 Å². The quantitative estimate of drug-likeness (QED) is 0.570. The molecule has 0 amide bonds. The first kappa shape index (κ1) is 14.9. The van der Waals surface area contributed by atoms with Gasteiger partial charge in [0.25, 0.3) is 0 Å². The van der Waals surface area contributed by atoms with Crippen LogP contribution in [-0.2, 0) is 9.47 Å². The fourth-order valence-corrected chi connectivity index (χ4v) is 1.72. The highest BCUT2D eigenvalue weighted by atomic mass is 16.5. The first-order valence-corrected chi connectivity index (χ1v) is 5.97. The molecular weight excluding hydrogens is 190 g/mol. The minimum absolute atomic E-state index is 0.663. The molecule has 0 aromatic carbocycles. The molecule has 2 N–H and O–H groups in total. The zero-order valence-electron chi connectivity index (χ0n) is 10.5. The van der Waals surface area contributed by atoms with Gasteiger partial charge in [-0.25, -0.2) is 0 Å². The lowest BCUT2D eigenvalue weighted by Crippen LogP contribution is -2.17. The van der Waals surface area contributed by atoms with Crippen molar-refractivity contribution in [3.63, 3.8) is 0 Å². The molecule has 0 saturated carbocycles. The van der Waals surface area contributed by atoms with Gasteiger partial charge < -0.3 is 15.2 Å². The van der Waals surface area contributed by atoms with Crippen LogP contribution in [0.25, 0.3) is 0 Å². The Morgan fingerprint density at radius 1 is 1.13 bits per heavy atom. The van der Waals surface area contributed by atoms with Crippen LogP contribution in [0, 0.1) is 11.8 Å². The van der Waals surface area contributed by atoms with Gasteiger partial charge in [-0.2, -0.15) is 0 Å². The van der Waals surface area contributed by atoms with E-state index in [-0.39, 0.29) is 0 Å². The predicted molar refractivity (Wildman–Crippen MR) is 63.9 cm³/mol. The van der Waals surface area contributed by atoms with Gasteiger partial charge in [-0.05, 0) is 37.6 Å². The standard InChI is InChI=1S/C12H27NO2/c1-11(2)9-12(10-13)5-4-6-15-8-7-14-3/h11-12H,4-10,13H2,1-3H3. The molecule has 15 heavy (non-hydrogen) atoms. The minimum Gasteiger partial charge on any atom is -0.382 e. The average Bonchev–Trinajstić information content (AvgIpc) is 2.20. The second-order valence-corrected chi connectivity index (χ2v) is 4.48. The minimum atomic E-state index is 0.663. The monoisotopic (exact) mass is 217 g/mol. The van der Waals surface area contributed by atoms with E-state index in [1.54, 1.807) is 7.11 Å². The van der Waals surface area contributed by atoms with Crippen LogP contribution in [0.4, 0.5) is 0 Å².